The molecule has 110 valence electrons. The Kier molecular flexibility index (Phi) is 3.78. The van der Waals surface area contributed by atoms with E-state index < -0.39 is 5.91 Å². The van der Waals surface area contributed by atoms with Crippen molar-refractivity contribution in [3.8, 4) is 11.4 Å². The number of carbonyl (C=O) groups is 1. The van der Waals surface area contributed by atoms with Gasteiger partial charge in [0, 0.05) is 0 Å². The molecule has 7 heteroatoms. The second kappa shape index (κ2) is 6.04. The van der Waals surface area contributed by atoms with Crippen molar-refractivity contribution in [2.45, 2.75) is 6.61 Å². The van der Waals surface area contributed by atoms with E-state index in [4.69, 9.17) is 10.5 Å². The number of rotatable bonds is 5. The summed E-state index contributed by atoms with van der Waals surface area (Å²) < 4.78 is 7.22. The van der Waals surface area contributed by atoms with Gasteiger partial charge in [0.1, 0.15) is 12.4 Å². The van der Waals surface area contributed by atoms with Gasteiger partial charge in [0.15, 0.2) is 5.82 Å². The van der Waals surface area contributed by atoms with E-state index in [1.165, 1.54) is 0 Å². The minimum absolute atomic E-state index is 0.117. The third kappa shape index (κ3) is 2.78. The zero-order chi connectivity index (χ0) is 15.4. The van der Waals surface area contributed by atoms with Crippen LogP contribution in [0.1, 0.15) is 16.2 Å². The van der Waals surface area contributed by atoms with E-state index in [1.807, 2.05) is 30.3 Å². The number of hydrogen-bond acceptors (Lipinski definition) is 5. The summed E-state index contributed by atoms with van der Waals surface area (Å²) in [7, 11) is 0. The first-order valence-corrected chi connectivity index (χ1v) is 6.60. The van der Waals surface area contributed by atoms with Gasteiger partial charge in [-0.25, -0.2) is 0 Å². The molecule has 0 aliphatic carbocycles. The Morgan fingerprint density at radius 1 is 1.09 bits per heavy atom. The van der Waals surface area contributed by atoms with Crippen LogP contribution >= 0.6 is 0 Å². The van der Waals surface area contributed by atoms with Crippen LogP contribution < -0.4 is 10.5 Å². The van der Waals surface area contributed by atoms with Crippen LogP contribution in [0, 0.1) is 0 Å². The monoisotopic (exact) mass is 295 g/mol. The smallest absolute Gasteiger partial charge is 0.252 e. The fourth-order valence-electron chi connectivity index (χ4n) is 2.00. The highest BCUT2D eigenvalue weighted by atomic mass is 16.5. The van der Waals surface area contributed by atoms with Gasteiger partial charge in [0.05, 0.1) is 11.3 Å². The molecule has 0 atom stereocenters. The molecule has 0 spiro atoms. The van der Waals surface area contributed by atoms with Gasteiger partial charge < -0.3 is 10.5 Å². The highest BCUT2D eigenvalue weighted by molar-refractivity contribution is 5.95. The highest BCUT2D eigenvalue weighted by Gasteiger charge is 2.12. The van der Waals surface area contributed by atoms with Crippen molar-refractivity contribution < 1.29 is 9.53 Å². The molecule has 0 radical (unpaired) electrons. The van der Waals surface area contributed by atoms with Gasteiger partial charge in [-0.15, -0.1) is 5.10 Å². The predicted octanol–water partition coefficient (Wildman–Crippen LogP) is 1.34. The molecule has 0 aliphatic rings. The Morgan fingerprint density at radius 2 is 1.82 bits per heavy atom. The summed E-state index contributed by atoms with van der Waals surface area (Å²) in [5.74, 6) is 0.376. The van der Waals surface area contributed by atoms with Gasteiger partial charge in [-0.1, -0.05) is 30.3 Å². The number of primary amides is 1. The van der Waals surface area contributed by atoms with Crippen LogP contribution in [0.2, 0.25) is 0 Å². The van der Waals surface area contributed by atoms with Gasteiger partial charge in [-0.2, -0.15) is 4.68 Å². The van der Waals surface area contributed by atoms with Crippen LogP contribution in [-0.2, 0) is 6.61 Å². The molecule has 3 rings (SSSR count). The third-order valence-electron chi connectivity index (χ3n) is 3.04. The zero-order valence-electron chi connectivity index (χ0n) is 11.6. The molecule has 1 amide bonds. The van der Waals surface area contributed by atoms with Crippen LogP contribution in [0.4, 0.5) is 0 Å². The number of nitrogens with zero attached hydrogens (tertiary/aromatic N) is 4. The molecule has 22 heavy (non-hydrogen) atoms. The van der Waals surface area contributed by atoms with Crippen LogP contribution in [-0.4, -0.2) is 26.1 Å². The minimum Gasteiger partial charge on any atom is -0.485 e. The number of para-hydroxylation sites is 2. The Balaban J connectivity index is 1.82. The highest BCUT2D eigenvalue weighted by Crippen LogP contribution is 2.18. The molecule has 0 fully saturated rings. The molecule has 1 heterocycles. The number of carbonyl (C=O) groups excluding carboxylic acids is 1. The molecule has 2 aromatic carbocycles. The van der Waals surface area contributed by atoms with Crippen LogP contribution in [0.15, 0.2) is 54.6 Å². The molecule has 0 saturated heterocycles. The van der Waals surface area contributed by atoms with Crippen LogP contribution in [0.3, 0.4) is 0 Å². The number of ether oxygens (including phenoxy) is 1. The predicted molar refractivity (Wildman–Crippen MR) is 78.4 cm³/mol. The van der Waals surface area contributed by atoms with Crippen molar-refractivity contribution in [2.24, 2.45) is 5.73 Å². The van der Waals surface area contributed by atoms with Crippen molar-refractivity contribution in [1.82, 2.24) is 20.2 Å². The number of hydrogen-bond donors (Lipinski definition) is 1. The molecule has 1 aromatic heterocycles. The Labute approximate surface area is 126 Å². The quantitative estimate of drug-likeness (QED) is 0.766. The van der Waals surface area contributed by atoms with Crippen molar-refractivity contribution >= 4 is 5.91 Å². The molecule has 3 aromatic rings. The lowest BCUT2D eigenvalue weighted by molar-refractivity contribution is 0.0995. The number of aromatic nitrogens is 4. The lowest BCUT2D eigenvalue weighted by atomic mass is 10.2. The number of tetrazole rings is 1. The topological polar surface area (TPSA) is 95.9 Å². The molecule has 0 saturated carbocycles. The van der Waals surface area contributed by atoms with Crippen LogP contribution in [0.25, 0.3) is 5.69 Å². The van der Waals surface area contributed by atoms with E-state index in [0.717, 1.165) is 5.69 Å². The summed E-state index contributed by atoms with van der Waals surface area (Å²) >= 11 is 0. The summed E-state index contributed by atoms with van der Waals surface area (Å²) in [5.41, 5.74) is 6.47. The summed E-state index contributed by atoms with van der Waals surface area (Å²) in [6.07, 6.45) is 0. The van der Waals surface area contributed by atoms with Gasteiger partial charge in [-0.3, -0.25) is 4.79 Å². The second-order valence-electron chi connectivity index (χ2n) is 4.49. The molecule has 7 nitrogen and oxygen atoms in total. The third-order valence-corrected chi connectivity index (χ3v) is 3.04. The van der Waals surface area contributed by atoms with Gasteiger partial charge in [0.25, 0.3) is 5.91 Å². The maximum absolute atomic E-state index is 11.4. The van der Waals surface area contributed by atoms with Crippen molar-refractivity contribution in [3.05, 3.63) is 66.0 Å². The fraction of sp³-hybridized carbons (Fsp3) is 0.0667. The van der Waals surface area contributed by atoms with Gasteiger partial charge in [0.2, 0.25) is 0 Å². The number of nitrogens with two attached hydrogens (primary N) is 1. The van der Waals surface area contributed by atoms with E-state index in [-0.39, 0.29) is 6.61 Å². The SMILES string of the molecule is NC(=O)c1ccccc1OCc1nnnn1-c1ccccc1. The van der Waals surface area contributed by atoms with E-state index >= 15 is 0 Å². The number of amides is 1. The standard InChI is InChI=1S/C15H13N5O2/c16-15(21)12-8-4-5-9-13(12)22-10-14-17-18-19-20(14)11-6-2-1-3-7-11/h1-9H,10H2,(H2,16,21). The van der Waals surface area contributed by atoms with Crippen LogP contribution in [0.5, 0.6) is 5.75 Å². The van der Waals surface area contributed by atoms with E-state index in [9.17, 15) is 4.79 Å². The van der Waals surface area contributed by atoms with Gasteiger partial charge >= 0.3 is 0 Å². The first kappa shape index (κ1) is 13.7. The van der Waals surface area contributed by atoms with Crippen molar-refractivity contribution in [3.63, 3.8) is 0 Å². The Hall–Kier alpha value is -3.22. The largest absolute Gasteiger partial charge is 0.485 e. The Morgan fingerprint density at radius 3 is 2.59 bits per heavy atom. The maximum Gasteiger partial charge on any atom is 0.252 e. The Bertz CT molecular complexity index is 785. The lowest BCUT2D eigenvalue weighted by Crippen LogP contribution is -2.14. The summed E-state index contributed by atoms with van der Waals surface area (Å²) in [6.45, 7) is 0.117. The maximum atomic E-state index is 11.4. The lowest BCUT2D eigenvalue weighted by Gasteiger charge is -2.09. The van der Waals surface area contributed by atoms with E-state index in [0.29, 0.717) is 17.1 Å². The summed E-state index contributed by atoms with van der Waals surface area (Å²) in [4.78, 5) is 11.4. The average molecular weight is 295 g/mol. The number of benzene rings is 2. The van der Waals surface area contributed by atoms with Crippen molar-refractivity contribution in [2.75, 3.05) is 0 Å². The summed E-state index contributed by atoms with van der Waals surface area (Å²) in [5, 5.41) is 11.5. The van der Waals surface area contributed by atoms with Crippen molar-refractivity contribution in [1.29, 1.82) is 0 Å². The molecular formula is C15H13N5O2. The summed E-state index contributed by atoms with van der Waals surface area (Å²) in [6, 6.07) is 16.2. The molecular weight excluding hydrogens is 282 g/mol. The molecule has 0 bridgehead atoms. The average Bonchev–Trinajstić information content (AvgIpc) is 3.02. The normalized spacial score (nSPS) is 10.4. The first-order valence-electron chi connectivity index (χ1n) is 6.60. The minimum atomic E-state index is -0.543. The molecule has 2 N–H and O–H groups in total. The fourth-order valence-corrected chi connectivity index (χ4v) is 2.00. The van der Waals surface area contributed by atoms with E-state index in [2.05, 4.69) is 15.5 Å². The van der Waals surface area contributed by atoms with E-state index in [1.54, 1.807) is 28.9 Å². The zero-order valence-corrected chi connectivity index (χ0v) is 11.6. The molecule has 0 unspecified atom stereocenters. The molecule has 0 aliphatic heterocycles. The van der Waals surface area contributed by atoms with Gasteiger partial charge in [-0.05, 0) is 34.7 Å². The first-order chi connectivity index (χ1) is 10.8. The second-order valence-corrected chi connectivity index (χ2v) is 4.49.